The highest BCUT2D eigenvalue weighted by atomic mass is 35.5. The second kappa shape index (κ2) is 7.76. The number of nitro groups is 1. The smallest absolute Gasteiger partial charge is 0.363 e. The van der Waals surface area contributed by atoms with Crippen LogP contribution in [-0.2, 0) is 4.65 Å². The first-order valence-electron chi connectivity index (χ1n) is 7.09. The van der Waals surface area contributed by atoms with Crippen LogP contribution < -0.4 is 4.74 Å². The van der Waals surface area contributed by atoms with E-state index >= 15 is 0 Å². The molecule has 0 spiro atoms. The summed E-state index contributed by atoms with van der Waals surface area (Å²) in [6, 6.07) is 1.35. The summed E-state index contributed by atoms with van der Waals surface area (Å²) >= 11 is 5.99. The number of nitro benzene ring substituents is 1. The summed E-state index contributed by atoms with van der Waals surface area (Å²) in [5, 5.41) is 11.1. The third-order valence-corrected chi connectivity index (χ3v) is 3.91. The molecule has 0 unspecified atom stereocenters. The van der Waals surface area contributed by atoms with Crippen LogP contribution in [0.25, 0.3) is 6.08 Å². The molecule has 1 aromatic carbocycles. The highest BCUT2D eigenvalue weighted by Gasteiger charge is 2.27. The molecule has 0 N–H and O–H groups in total. The van der Waals surface area contributed by atoms with Crippen molar-refractivity contribution in [2.24, 2.45) is 0 Å². The van der Waals surface area contributed by atoms with Crippen LogP contribution in [0.4, 0.5) is 10.1 Å². The summed E-state index contributed by atoms with van der Waals surface area (Å²) in [5.74, 6) is -1.20. The first-order chi connectivity index (χ1) is 11.0. The summed E-state index contributed by atoms with van der Waals surface area (Å²) in [6.07, 6.45) is 3.34. The fourth-order valence-electron chi connectivity index (χ4n) is 2.68. The minimum absolute atomic E-state index is 0.0111. The second-order valence-electron chi connectivity index (χ2n) is 5.28. The predicted molar refractivity (Wildman–Crippen MR) is 87.6 cm³/mol. The molecule has 1 heterocycles. The van der Waals surface area contributed by atoms with Crippen LogP contribution in [0.2, 0.25) is 5.02 Å². The number of ether oxygens (including phenoxy) is 1. The van der Waals surface area contributed by atoms with Crippen LogP contribution in [0.5, 0.6) is 5.75 Å². The molecule has 0 aliphatic carbocycles. The number of nitrogens with zero attached hydrogens (tertiary/aromatic N) is 2. The molecule has 0 aromatic heterocycles. The van der Waals surface area contributed by atoms with E-state index in [1.807, 2.05) is 0 Å². The van der Waals surface area contributed by atoms with Crippen molar-refractivity contribution in [3.63, 3.8) is 0 Å². The monoisotopic (exact) mass is 342 g/mol. The van der Waals surface area contributed by atoms with Gasteiger partial charge in [-0.15, -0.1) is 0 Å². The summed E-state index contributed by atoms with van der Waals surface area (Å²) in [5.41, 5.74) is 0.330. The maximum Gasteiger partial charge on any atom is 0.363 e. The van der Waals surface area contributed by atoms with Crippen LogP contribution in [0.3, 0.4) is 0 Å². The third-order valence-electron chi connectivity index (χ3n) is 3.63. The van der Waals surface area contributed by atoms with Gasteiger partial charge in [0.05, 0.1) is 17.1 Å². The lowest BCUT2D eigenvalue weighted by Crippen LogP contribution is -2.35. The molecule has 0 bridgehead atoms. The van der Waals surface area contributed by atoms with Crippen molar-refractivity contribution in [3.8, 4) is 5.75 Å². The zero-order chi connectivity index (χ0) is 17.0. The molecular formula is C14H17BClFN2O4. The van der Waals surface area contributed by atoms with Gasteiger partial charge in [-0.3, -0.25) is 10.1 Å². The Labute approximate surface area is 139 Å². The normalized spacial score (nSPS) is 17.3. The van der Waals surface area contributed by atoms with Gasteiger partial charge >= 0.3 is 13.3 Å². The Balaban J connectivity index is 2.40. The lowest BCUT2D eigenvalue weighted by atomic mass is 9.97. The maximum absolute atomic E-state index is 14.5. The van der Waals surface area contributed by atoms with Crippen LogP contribution in [-0.4, -0.2) is 44.7 Å². The van der Waals surface area contributed by atoms with Crippen molar-refractivity contribution in [1.82, 2.24) is 4.81 Å². The van der Waals surface area contributed by atoms with Crippen LogP contribution in [0, 0.1) is 15.9 Å². The number of benzene rings is 1. The molecule has 23 heavy (non-hydrogen) atoms. The minimum Gasteiger partial charge on any atom is -0.489 e. The van der Waals surface area contributed by atoms with E-state index in [9.17, 15) is 14.5 Å². The molecule has 0 amide bonds. The average molecular weight is 343 g/mol. The standard InChI is InChI=1S/C14H17BClFN2O4/c1-22-14-11(16)7-10(12(17)13(14)19(20)21)6-9-4-3-5-18(8-9)15-23-2/h6-7,15H,3-5,8H2,1-2H3/b9-6+. The molecule has 2 rings (SSSR count). The first-order valence-corrected chi connectivity index (χ1v) is 7.46. The Morgan fingerprint density at radius 1 is 1.52 bits per heavy atom. The summed E-state index contributed by atoms with van der Waals surface area (Å²) < 4.78 is 24.4. The molecule has 124 valence electrons. The summed E-state index contributed by atoms with van der Waals surface area (Å²) in [7, 11) is 3.32. The van der Waals surface area contributed by atoms with Crippen molar-refractivity contribution >= 4 is 31.0 Å². The number of hydrogen-bond acceptors (Lipinski definition) is 5. The average Bonchev–Trinajstić information content (AvgIpc) is 2.50. The number of rotatable bonds is 5. The quantitative estimate of drug-likeness (QED) is 0.468. The van der Waals surface area contributed by atoms with Gasteiger partial charge in [0.15, 0.2) is 0 Å². The third kappa shape index (κ3) is 4.01. The largest absolute Gasteiger partial charge is 0.489 e. The SMILES string of the molecule is COBN1CCC/C(=C\c2cc(Cl)c(OC)c([N+](=O)[O-])c2F)C1. The van der Waals surface area contributed by atoms with Gasteiger partial charge < -0.3 is 14.2 Å². The van der Waals surface area contributed by atoms with Crippen LogP contribution in [0.1, 0.15) is 18.4 Å². The molecule has 6 nitrogen and oxygen atoms in total. The molecule has 1 fully saturated rings. The van der Waals surface area contributed by atoms with E-state index in [1.54, 1.807) is 13.2 Å². The Hall–Kier alpha value is -1.64. The molecule has 1 saturated heterocycles. The zero-order valence-corrected chi connectivity index (χ0v) is 13.7. The summed E-state index contributed by atoms with van der Waals surface area (Å²) in [4.78, 5) is 12.4. The van der Waals surface area contributed by atoms with E-state index in [4.69, 9.17) is 21.0 Å². The molecule has 0 radical (unpaired) electrons. The Kier molecular flexibility index (Phi) is 5.98. The Bertz CT molecular complexity index is 640. The van der Waals surface area contributed by atoms with Crippen molar-refractivity contribution in [1.29, 1.82) is 0 Å². The van der Waals surface area contributed by atoms with E-state index in [1.165, 1.54) is 13.2 Å². The first kappa shape index (κ1) is 17.7. The van der Waals surface area contributed by atoms with E-state index in [-0.39, 0.29) is 16.3 Å². The number of piperidine rings is 1. The molecule has 1 aliphatic heterocycles. The molecule has 9 heteroatoms. The van der Waals surface area contributed by atoms with Gasteiger partial charge in [-0.1, -0.05) is 23.3 Å². The van der Waals surface area contributed by atoms with Gasteiger partial charge in [0.25, 0.3) is 0 Å². The molecule has 0 saturated carbocycles. The van der Waals surface area contributed by atoms with E-state index < -0.39 is 16.4 Å². The fraction of sp³-hybridized carbons (Fsp3) is 0.429. The number of methoxy groups -OCH3 is 1. The Morgan fingerprint density at radius 3 is 2.87 bits per heavy atom. The topological polar surface area (TPSA) is 64.8 Å². The van der Waals surface area contributed by atoms with Crippen molar-refractivity contribution < 1.29 is 18.7 Å². The number of hydrogen-bond donors (Lipinski definition) is 0. The van der Waals surface area contributed by atoms with E-state index in [0.717, 1.165) is 25.0 Å². The highest BCUT2D eigenvalue weighted by Crippen LogP contribution is 2.39. The zero-order valence-electron chi connectivity index (χ0n) is 13.0. The lowest BCUT2D eigenvalue weighted by molar-refractivity contribution is -0.388. The maximum atomic E-state index is 14.5. The van der Waals surface area contributed by atoms with Gasteiger partial charge in [-0.05, 0) is 25.5 Å². The van der Waals surface area contributed by atoms with Crippen molar-refractivity contribution in [2.45, 2.75) is 12.8 Å². The predicted octanol–water partition coefficient (Wildman–Crippen LogP) is 2.79. The highest BCUT2D eigenvalue weighted by molar-refractivity contribution is 6.32. The van der Waals surface area contributed by atoms with Crippen molar-refractivity contribution in [3.05, 3.63) is 38.2 Å². The van der Waals surface area contributed by atoms with E-state index in [2.05, 4.69) is 4.81 Å². The molecular weight excluding hydrogens is 325 g/mol. The van der Waals surface area contributed by atoms with Gasteiger partial charge in [-0.2, -0.15) is 4.39 Å². The number of halogens is 2. The lowest BCUT2D eigenvalue weighted by Gasteiger charge is -2.27. The van der Waals surface area contributed by atoms with Crippen LogP contribution >= 0.6 is 11.6 Å². The molecule has 1 aromatic rings. The van der Waals surface area contributed by atoms with E-state index in [0.29, 0.717) is 14.2 Å². The van der Waals surface area contributed by atoms with Crippen LogP contribution in [0.15, 0.2) is 11.6 Å². The Morgan fingerprint density at radius 2 is 2.26 bits per heavy atom. The fourth-order valence-corrected chi connectivity index (χ4v) is 2.97. The second-order valence-corrected chi connectivity index (χ2v) is 5.68. The molecule has 0 atom stereocenters. The van der Waals surface area contributed by atoms with Gasteiger partial charge in [-0.25, -0.2) is 0 Å². The molecule has 1 aliphatic rings. The van der Waals surface area contributed by atoms with Gasteiger partial charge in [0, 0.05) is 19.2 Å². The van der Waals surface area contributed by atoms with Gasteiger partial charge in [0.2, 0.25) is 11.6 Å². The summed E-state index contributed by atoms with van der Waals surface area (Å²) in [6.45, 7) is 1.53. The van der Waals surface area contributed by atoms with Gasteiger partial charge in [0.1, 0.15) is 0 Å². The van der Waals surface area contributed by atoms with Crippen molar-refractivity contribution in [2.75, 3.05) is 27.3 Å². The minimum atomic E-state index is -0.937.